The van der Waals surface area contributed by atoms with Gasteiger partial charge in [-0.25, -0.2) is 0 Å². The van der Waals surface area contributed by atoms with Gasteiger partial charge in [-0.15, -0.1) is 0 Å². The van der Waals surface area contributed by atoms with Crippen molar-refractivity contribution in [1.82, 2.24) is 10.2 Å². The SMILES string of the molecule is CCOc1ccc(C(=O)N(C)C)cc1NC(=O)CCC1CCNCC1. The van der Waals surface area contributed by atoms with Crippen LogP contribution in [-0.2, 0) is 4.79 Å². The highest BCUT2D eigenvalue weighted by molar-refractivity contribution is 5.98. The first-order chi connectivity index (χ1) is 12.0. The van der Waals surface area contributed by atoms with E-state index < -0.39 is 0 Å². The van der Waals surface area contributed by atoms with E-state index in [1.54, 1.807) is 32.3 Å². The maximum Gasteiger partial charge on any atom is 0.253 e. The molecule has 1 fully saturated rings. The van der Waals surface area contributed by atoms with E-state index >= 15 is 0 Å². The maximum absolute atomic E-state index is 12.3. The molecular weight excluding hydrogens is 318 g/mol. The summed E-state index contributed by atoms with van der Waals surface area (Å²) >= 11 is 0. The summed E-state index contributed by atoms with van der Waals surface area (Å²) in [6.45, 7) is 4.46. The first-order valence-electron chi connectivity index (χ1n) is 9.00. The number of hydrogen-bond acceptors (Lipinski definition) is 4. The molecule has 1 aliphatic rings. The molecule has 138 valence electrons. The highest BCUT2D eigenvalue weighted by atomic mass is 16.5. The summed E-state index contributed by atoms with van der Waals surface area (Å²) in [4.78, 5) is 26.0. The number of anilines is 1. The Labute approximate surface area is 149 Å². The lowest BCUT2D eigenvalue weighted by molar-refractivity contribution is -0.116. The van der Waals surface area contributed by atoms with Gasteiger partial charge < -0.3 is 20.3 Å². The van der Waals surface area contributed by atoms with Gasteiger partial charge >= 0.3 is 0 Å². The molecule has 0 bridgehead atoms. The largest absolute Gasteiger partial charge is 0.492 e. The van der Waals surface area contributed by atoms with E-state index in [1.807, 2.05) is 6.92 Å². The Morgan fingerprint density at radius 2 is 2.00 bits per heavy atom. The zero-order valence-corrected chi connectivity index (χ0v) is 15.4. The van der Waals surface area contributed by atoms with Crippen molar-refractivity contribution in [2.24, 2.45) is 5.92 Å². The average molecular weight is 347 g/mol. The second-order valence-electron chi connectivity index (χ2n) is 6.62. The van der Waals surface area contributed by atoms with Gasteiger partial charge in [-0.1, -0.05) is 0 Å². The van der Waals surface area contributed by atoms with Crippen LogP contribution in [0.3, 0.4) is 0 Å². The lowest BCUT2D eigenvalue weighted by Crippen LogP contribution is -2.28. The van der Waals surface area contributed by atoms with Crippen LogP contribution in [0.15, 0.2) is 18.2 Å². The van der Waals surface area contributed by atoms with Crippen LogP contribution in [0, 0.1) is 5.92 Å². The van der Waals surface area contributed by atoms with E-state index in [1.165, 1.54) is 4.90 Å². The van der Waals surface area contributed by atoms with Crippen molar-refractivity contribution in [2.45, 2.75) is 32.6 Å². The number of piperidine rings is 1. The second kappa shape index (κ2) is 9.42. The van der Waals surface area contributed by atoms with Crippen molar-refractivity contribution < 1.29 is 14.3 Å². The molecule has 6 nitrogen and oxygen atoms in total. The molecule has 2 N–H and O–H groups in total. The van der Waals surface area contributed by atoms with Gasteiger partial charge in [0.2, 0.25) is 5.91 Å². The number of carbonyl (C=O) groups is 2. The van der Waals surface area contributed by atoms with E-state index in [0.717, 1.165) is 32.4 Å². The minimum absolute atomic E-state index is 0.0334. The van der Waals surface area contributed by atoms with Crippen molar-refractivity contribution in [2.75, 3.05) is 39.1 Å². The second-order valence-corrected chi connectivity index (χ2v) is 6.62. The van der Waals surface area contributed by atoms with Crippen molar-refractivity contribution in [3.63, 3.8) is 0 Å². The highest BCUT2D eigenvalue weighted by Crippen LogP contribution is 2.27. The van der Waals surface area contributed by atoms with E-state index in [-0.39, 0.29) is 11.8 Å². The third-order valence-corrected chi connectivity index (χ3v) is 4.44. The molecule has 2 rings (SSSR count). The summed E-state index contributed by atoms with van der Waals surface area (Å²) < 4.78 is 5.58. The average Bonchev–Trinajstić information content (AvgIpc) is 2.61. The standard InChI is InChI=1S/C19H29N3O3/c1-4-25-17-7-6-15(19(24)22(2)3)13-16(17)21-18(23)8-5-14-9-11-20-12-10-14/h6-7,13-14,20H,4-5,8-12H2,1-3H3,(H,21,23). The number of rotatable bonds is 7. The zero-order valence-electron chi connectivity index (χ0n) is 15.4. The van der Waals surface area contributed by atoms with Crippen LogP contribution < -0.4 is 15.4 Å². The van der Waals surface area contributed by atoms with Gasteiger partial charge in [0, 0.05) is 26.1 Å². The Balaban J connectivity index is 2.02. The summed E-state index contributed by atoms with van der Waals surface area (Å²) in [7, 11) is 3.41. The van der Waals surface area contributed by atoms with Gasteiger partial charge in [-0.3, -0.25) is 9.59 Å². The van der Waals surface area contributed by atoms with E-state index in [4.69, 9.17) is 4.74 Å². The zero-order chi connectivity index (χ0) is 18.2. The highest BCUT2D eigenvalue weighted by Gasteiger charge is 2.17. The van der Waals surface area contributed by atoms with Gasteiger partial charge in [0.25, 0.3) is 5.91 Å². The van der Waals surface area contributed by atoms with Gasteiger partial charge in [0.15, 0.2) is 0 Å². The third-order valence-electron chi connectivity index (χ3n) is 4.44. The van der Waals surface area contributed by atoms with Crippen molar-refractivity contribution in [3.8, 4) is 5.75 Å². The van der Waals surface area contributed by atoms with Gasteiger partial charge in [0.1, 0.15) is 5.75 Å². The molecule has 0 aromatic heterocycles. The van der Waals surface area contributed by atoms with E-state index in [9.17, 15) is 9.59 Å². The quantitative estimate of drug-likeness (QED) is 0.795. The fraction of sp³-hybridized carbons (Fsp3) is 0.579. The van der Waals surface area contributed by atoms with Crippen LogP contribution >= 0.6 is 0 Å². The van der Waals surface area contributed by atoms with Crippen LogP contribution in [0.25, 0.3) is 0 Å². The number of nitrogens with zero attached hydrogens (tertiary/aromatic N) is 1. The normalized spacial score (nSPS) is 14.8. The molecule has 1 aromatic carbocycles. The molecule has 0 saturated carbocycles. The van der Waals surface area contributed by atoms with Gasteiger partial charge in [0.05, 0.1) is 12.3 Å². The number of amides is 2. The maximum atomic E-state index is 12.3. The number of ether oxygens (including phenoxy) is 1. The number of benzene rings is 1. The molecular formula is C19H29N3O3. The Morgan fingerprint density at radius 3 is 2.64 bits per heavy atom. The molecule has 1 aliphatic heterocycles. The number of hydrogen-bond donors (Lipinski definition) is 2. The van der Waals surface area contributed by atoms with Crippen LogP contribution in [0.2, 0.25) is 0 Å². The van der Waals surface area contributed by atoms with Crippen LogP contribution in [0.5, 0.6) is 5.75 Å². The monoisotopic (exact) mass is 347 g/mol. The minimum atomic E-state index is -0.103. The first-order valence-corrected chi connectivity index (χ1v) is 9.00. The molecule has 0 atom stereocenters. The Morgan fingerprint density at radius 1 is 1.28 bits per heavy atom. The lowest BCUT2D eigenvalue weighted by Gasteiger charge is -2.22. The molecule has 0 radical (unpaired) electrons. The van der Waals surface area contributed by atoms with Crippen molar-refractivity contribution in [1.29, 1.82) is 0 Å². The molecule has 2 amide bonds. The summed E-state index contributed by atoms with van der Waals surface area (Å²) in [6, 6.07) is 5.15. The molecule has 0 spiro atoms. The fourth-order valence-corrected chi connectivity index (χ4v) is 3.02. The van der Waals surface area contributed by atoms with Crippen molar-refractivity contribution in [3.05, 3.63) is 23.8 Å². The summed E-state index contributed by atoms with van der Waals surface area (Å²) in [6.07, 6.45) is 3.64. The van der Waals surface area contributed by atoms with Crippen LogP contribution in [0.1, 0.15) is 43.0 Å². The lowest BCUT2D eigenvalue weighted by atomic mass is 9.93. The minimum Gasteiger partial charge on any atom is -0.492 e. The molecule has 6 heteroatoms. The van der Waals surface area contributed by atoms with E-state index in [0.29, 0.717) is 35.9 Å². The smallest absolute Gasteiger partial charge is 0.253 e. The Hall–Kier alpha value is -2.08. The molecule has 1 heterocycles. The third kappa shape index (κ3) is 5.74. The summed E-state index contributed by atoms with van der Waals surface area (Å²) in [5.41, 5.74) is 1.09. The topological polar surface area (TPSA) is 70.7 Å². The summed E-state index contributed by atoms with van der Waals surface area (Å²) in [5, 5.41) is 6.26. The molecule has 0 aliphatic carbocycles. The van der Waals surface area contributed by atoms with Gasteiger partial charge in [-0.2, -0.15) is 0 Å². The molecule has 1 aromatic rings. The number of carbonyl (C=O) groups excluding carboxylic acids is 2. The summed E-state index contributed by atoms with van der Waals surface area (Å²) in [5.74, 6) is 1.07. The van der Waals surface area contributed by atoms with Crippen molar-refractivity contribution >= 4 is 17.5 Å². The van der Waals surface area contributed by atoms with Gasteiger partial charge in [-0.05, 0) is 63.4 Å². The molecule has 0 unspecified atom stereocenters. The number of nitrogens with one attached hydrogen (secondary N) is 2. The molecule has 25 heavy (non-hydrogen) atoms. The Bertz CT molecular complexity index is 596. The predicted molar refractivity (Wildman–Crippen MR) is 99.1 cm³/mol. The first kappa shape index (κ1) is 19.2. The molecule has 1 saturated heterocycles. The van der Waals surface area contributed by atoms with Crippen LogP contribution in [-0.4, -0.2) is 50.5 Å². The van der Waals surface area contributed by atoms with Crippen LogP contribution in [0.4, 0.5) is 5.69 Å². The predicted octanol–water partition coefficient (Wildman–Crippen LogP) is 2.51. The fourth-order valence-electron chi connectivity index (χ4n) is 3.02. The van der Waals surface area contributed by atoms with E-state index in [2.05, 4.69) is 10.6 Å². The Kier molecular flexibility index (Phi) is 7.25.